The van der Waals surface area contributed by atoms with Crippen molar-refractivity contribution in [3.63, 3.8) is 0 Å². The number of nitro benzene ring substituents is 1. The van der Waals surface area contributed by atoms with Crippen molar-refractivity contribution in [3.05, 3.63) is 63.2 Å². The van der Waals surface area contributed by atoms with Gasteiger partial charge < -0.3 is 0 Å². The Bertz CT molecular complexity index is 729. The van der Waals surface area contributed by atoms with E-state index >= 15 is 0 Å². The molecule has 0 saturated carbocycles. The molecule has 0 unspecified atom stereocenters. The minimum Gasteiger partial charge on any atom is -0.258 e. The number of nitriles is 1. The summed E-state index contributed by atoms with van der Waals surface area (Å²) in [6.45, 7) is 0. The molecule has 0 aliphatic heterocycles. The van der Waals surface area contributed by atoms with Gasteiger partial charge in [-0.15, -0.1) is 0 Å². The number of fused-ring (bicyclic) bond motifs is 3. The fourth-order valence-corrected chi connectivity index (χ4v) is 2.65. The highest BCUT2D eigenvalue weighted by molar-refractivity contribution is 5.79. The van der Waals surface area contributed by atoms with Gasteiger partial charge in [0.2, 0.25) is 0 Å². The lowest BCUT2D eigenvalue weighted by atomic mass is 9.83. The van der Waals surface area contributed by atoms with Gasteiger partial charge in [0.1, 0.15) is 6.07 Å². The number of nitro groups is 1. The van der Waals surface area contributed by atoms with E-state index in [9.17, 15) is 15.4 Å². The van der Waals surface area contributed by atoms with Crippen LogP contribution in [0.5, 0.6) is 0 Å². The maximum atomic E-state index is 10.9. The van der Waals surface area contributed by atoms with Gasteiger partial charge in [-0.25, -0.2) is 0 Å². The van der Waals surface area contributed by atoms with E-state index in [0.29, 0.717) is 5.56 Å². The van der Waals surface area contributed by atoms with Crippen molar-refractivity contribution in [2.45, 2.75) is 12.8 Å². The van der Waals surface area contributed by atoms with Crippen LogP contribution in [0, 0.1) is 21.4 Å². The van der Waals surface area contributed by atoms with Gasteiger partial charge in [-0.1, -0.05) is 24.3 Å². The normalized spacial score (nSPS) is 12.2. The molecule has 4 nitrogen and oxygen atoms in total. The van der Waals surface area contributed by atoms with Crippen LogP contribution in [0.2, 0.25) is 0 Å². The minimum absolute atomic E-state index is 0.00492. The molecule has 19 heavy (non-hydrogen) atoms. The Hall–Kier alpha value is -2.67. The summed E-state index contributed by atoms with van der Waals surface area (Å²) in [5.74, 6) is 0. The summed E-state index contributed by atoms with van der Waals surface area (Å²) in [6.07, 6.45) is 1.60. The third-order valence-electron chi connectivity index (χ3n) is 3.49. The number of hydrogen-bond acceptors (Lipinski definition) is 3. The third kappa shape index (κ3) is 1.76. The van der Waals surface area contributed by atoms with Gasteiger partial charge in [0.25, 0.3) is 5.69 Å². The van der Waals surface area contributed by atoms with Crippen LogP contribution in [0.3, 0.4) is 0 Å². The van der Waals surface area contributed by atoms with Gasteiger partial charge in [0.05, 0.1) is 10.5 Å². The molecule has 0 atom stereocenters. The summed E-state index contributed by atoms with van der Waals surface area (Å²) in [6, 6.07) is 13.0. The molecule has 0 N–H and O–H groups in total. The highest BCUT2D eigenvalue weighted by Gasteiger charge is 2.22. The molecule has 0 amide bonds. The van der Waals surface area contributed by atoms with E-state index in [4.69, 9.17) is 0 Å². The lowest BCUT2D eigenvalue weighted by Gasteiger charge is -2.20. The van der Waals surface area contributed by atoms with Crippen LogP contribution in [-0.4, -0.2) is 4.92 Å². The van der Waals surface area contributed by atoms with Crippen LogP contribution in [-0.2, 0) is 12.8 Å². The third-order valence-corrected chi connectivity index (χ3v) is 3.49. The number of aryl methyl sites for hydroxylation is 2. The molecule has 0 radical (unpaired) electrons. The second kappa shape index (κ2) is 4.21. The number of non-ortho nitro benzene ring substituents is 1. The van der Waals surface area contributed by atoms with Crippen LogP contribution in [0.25, 0.3) is 11.1 Å². The molecule has 0 spiro atoms. The first-order chi connectivity index (χ1) is 9.20. The standard InChI is InChI=1S/C15H10N2O2/c16-9-12-8-13(17(18)19)7-11-6-5-10-3-1-2-4-14(10)15(11)12/h1-4,7-8H,5-6H2. The molecule has 1 aliphatic rings. The van der Waals surface area contributed by atoms with Crippen molar-refractivity contribution in [2.24, 2.45) is 0 Å². The topological polar surface area (TPSA) is 66.9 Å². The lowest BCUT2D eigenvalue weighted by molar-refractivity contribution is -0.384. The second-order valence-corrected chi connectivity index (χ2v) is 4.55. The number of nitrogens with zero attached hydrogens (tertiary/aromatic N) is 2. The predicted octanol–water partition coefficient (Wildman–Crippen LogP) is 3.23. The van der Waals surface area contributed by atoms with Gasteiger partial charge in [-0.3, -0.25) is 10.1 Å². The molecule has 2 aromatic rings. The smallest absolute Gasteiger partial charge is 0.258 e. The largest absolute Gasteiger partial charge is 0.271 e. The first kappa shape index (κ1) is 11.4. The lowest BCUT2D eigenvalue weighted by Crippen LogP contribution is -2.06. The first-order valence-electron chi connectivity index (χ1n) is 6.00. The Balaban J connectivity index is 2.31. The number of hydrogen-bond donors (Lipinski definition) is 0. The highest BCUT2D eigenvalue weighted by Crippen LogP contribution is 2.37. The SMILES string of the molecule is N#Cc1cc([N+](=O)[O-])cc2c1-c1ccccc1CC2. The Labute approximate surface area is 110 Å². The summed E-state index contributed by atoms with van der Waals surface area (Å²) in [5, 5.41) is 20.1. The van der Waals surface area contributed by atoms with Crippen LogP contribution < -0.4 is 0 Å². The molecular formula is C15H10N2O2. The fourth-order valence-electron chi connectivity index (χ4n) is 2.65. The summed E-state index contributed by atoms with van der Waals surface area (Å²) in [7, 11) is 0. The summed E-state index contributed by atoms with van der Waals surface area (Å²) in [4.78, 5) is 10.5. The van der Waals surface area contributed by atoms with Crippen LogP contribution >= 0.6 is 0 Å². The minimum atomic E-state index is -0.443. The Morgan fingerprint density at radius 3 is 2.63 bits per heavy atom. The molecule has 0 fully saturated rings. The molecule has 92 valence electrons. The molecule has 0 aromatic heterocycles. The van der Waals surface area contributed by atoms with Crippen molar-refractivity contribution < 1.29 is 4.92 Å². The van der Waals surface area contributed by atoms with Gasteiger partial charge >= 0.3 is 0 Å². The van der Waals surface area contributed by atoms with Crippen LogP contribution in [0.4, 0.5) is 5.69 Å². The van der Waals surface area contributed by atoms with E-state index < -0.39 is 4.92 Å². The average Bonchev–Trinajstić information content (AvgIpc) is 2.45. The maximum Gasteiger partial charge on any atom is 0.271 e. The monoisotopic (exact) mass is 250 g/mol. The maximum absolute atomic E-state index is 10.9. The summed E-state index contributed by atoms with van der Waals surface area (Å²) >= 11 is 0. The van der Waals surface area contributed by atoms with Crippen molar-refractivity contribution in [3.8, 4) is 17.2 Å². The molecule has 0 heterocycles. The Kier molecular flexibility index (Phi) is 2.53. The van der Waals surface area contributed by atoms with E-state index in [1.54, 1.807) is 6.07 Å². The molecule has 4 heteroatoms. The van der Waals surface area contributed by atoms with E-state index in [0.717, 1.165) is 29.5 Å². The van der Waals surface area contributed by atoms with E-state index in [1.807, 2.05) is 24.3 Å². The number of rotatable bonds is 1. The average molecular weight is 250 g/mol. The Morgan fingerprint density at radius 1 is 1.16 bits per heavy atom. The molecule has 0 saturated heterocycles. The van der Waals surface area contributed by atoms with Gasteiger partial charge in [0, 0.05) is 17.7 Å². The van der Waals surface area contributed by atoms with Crippen molar-refractivity contribution in [1.29, 1.82) is 5.26 Å². The first-order valence-corrected chi connectivity index (χ1v) is 6.00. The van der Waals surface area contributed by atoms with Crippen molar-refractivity contribution in [2.75, 3.05) is 0 Å². The fraction of sp³-hybridized carbons (Fsp3) is 0.133. The predicted molar refractivity (Wildman–Crippen MR) is 70.7 cm³/mol. The second-order valence-electron chi connectivity index (χ2n) is 4.55. The van der Waals surface area contributed by atoms with E-state index in [2.05, 4.69) is 6.07 Å². The summed E-state index contributed by atoms with van der Waals surface area (Å²) in [5.41, 5.74) is 4.35. The molecule has 0 bridgehead atoms. The zero-order chi connectivity index (χ0) is 13.4. The van der Waals surface area contributed by atoms with E-state index in [1.165, 1.54) is 11.6 Å². The highest BCUT2D eigenvalue weighted by atomic mass is 16.6. The van der Waals surface area contributed by atoms with Crippen molar-refractivity contribution >= 4 is 5.69 Å². The molecule has 3 rings (SSSR count). The van der Waals surface area contributed by atoms with Crippen LogP contribution in [0.1, 0.15) is 16.7 Å². The summed E-state index contributed by atoms with van der Waals surface area (Å²) < 4.78 is 0. The van der Waals surface area contributed by atoms with E-state index in [-0.39, 0.29) is 5.69 Å². The van der Waals surface area contributed by atoms with Gasteiger partial charge in [-0.05, 0) is 29.5 Å². The Morgan fingerprint density at radius 2 is 1.89 bits per heavy atom. The molecule has 1 aliphatic carbocycles. The zero-order valence-corrected chi connectivity index (χ0v) is 10.1. The van der Waals surface area contributed by atoms with Gasteiger partial charge in [-0.2, -0.15) is 5.26 Å². The van der Waals surface area contributed by atoms with Crippen LogP contribution in [0.15, 0.2) is 36.4 Å². The van der Waals surface area contributed by atoms with Gasteiger partial charge in [0.15, 0.2) is 0 Å². The number of benzene rings is 2. The molecular weight excluding hydrogens is 240 g/mol. The molecule has 2 aromatic carbocycles. The quantitative estimate of drug-likeness (QED) is 0.576. The zero-order valence-electron chi connectivity index (χ0n) is 10.1. The van der Waals surface area contributed by atoms with Crippen molar-refractivity contribution in [1.82, 2.24) is 0 Å².